The zero-order valence-corrected chi connectivity index (χ0v) is 15.6. The number of hydrogen-bond donors (Lipinski definition) is 2. The number of nitrogens with zero attached hydrogens (tertiary/aromatic N) is 3. The summed E-state index contributed by atoms with van der Waals surface area (Å²) < 4.78 is 15.9. The van der Waals surface area contributed by atoms with Crippen LogP contribution < -0.4 is 24.8 Å². The zero-order chi connectivity index (χ0) is 20.4. The van der Waals surface area contributed by atoms with Crippen molar-refractivity contribution >= 4 is 28.7 Å². The fourth-order valence-corrected chi connectivity index (χ4v) is 2.89. The van der Waals surface area contributed by atoms with Gasteiger partial charge in [0.25, 0.3) is 0 Å². The van der Waals surface area contributed by atoms with E-state index in [9.17, 15) is 10.1 Å². The van der Waals surface area contributed by atoms with E-state index < -0.39 is 4.92 Å². The van der Waals surface area contributed by atoms with E-state index >= 15 is 0 Å². The van der Waals surface area contributed by atoms with Crippen molar-refractivity contribution in [3.05, 3.63) is 58.4 Å². The molecule has 2 heterocycles. The van der Waals surface area contributed by atoms with Gasteiger partial charge in [0.1, 0.15) is 12.1 Å². The van der Waals surface area contributed by atoms with E-state index in [0.717, 1.165) is 5.56 Å². The molecule has 0 amide bonds. The summed E-state index contributed by atoms with van der Waals surface area (Å²) in [5.74, 6) is 1.78. The Morgan fingerprint density at radius 2 is 1.83 bits per heavy atom. The predicted molar refractivity (Wildman–Crippen MR) is 106 cm³/mol. The van der Waals surface area contributed by atoms with Gasteiger partial charge in [-0.2, -0.15) is 0 Å². The third kappa shape index (κ3) is 3.68. The van der Waals surface area contributed by atoms with Crippen molar-refractivity contribution in [2.24, 2.45) is 0 Å². The van der Waals surface area contributed by atoms with Gasteiger partial charge in [-0.15, -0.1) is 0 Å². The van der Waals surface area contributed by atoms with Crippen LogP contribution in [0.5, 0.6) is 17.2 Å². The fraction of sp³-hybridized carbons (Fsp3) is 0.158. The number of anilines is 4. The first-order valence-corrected chi connectivity index (χ1v) is 8.63. The van der Waals surface area contributed by atoms with Crippen LogP contribution in [0.15, 0.2) is 42.7 Å². The Labute approximate surface area is 165 Å². The van der Waals surface area contributed by atoms with Crippen molar-refractivity contribution in [3.8, 4) is 17.2 Å². The van der Waals surface area contributed by atoms with Crippen molar-refractivity contribution in [1.82, 2.24) is 9.97 Å². The van der Waals surface area contributed by atoms with E-state index in [0.29, 0.717) is 28.6 Å². The lowest BCUT2D eigenvalue weighted by molar-refractivity contribution is -0.383. The highest BCUT2D eigenvalue weighted by Gasteiger charge is 2.25. The molecular formula is C19H17N5O5. The number of aromatic nitrogens is 2. The van der Waals surface area contributed by atoms with Gasteiger partial charge in [0.15, 0.2) is 11.5 Å². The highest BCUT2D eigenvalue weighted by atomic mass is 16.7. The van der Waals surface area contributed by atoms with Gasteiger partial charge in [-0.3, -0.25) is 10.1 Å². The number of nitro groups is 1. The topological polar surface area (TPSA) is 121 Å². The largest absolute Gasteiger partial charge is 0.495 e. The Bertz CT molecular complexity index is 1090. The van der Waals surface area contributed by atoms with Crippen molar-refractivity contribution in [1.29, 1.82) is 0 Å². The van der Waals surface area contributed by atoms with Crippen LogP contribution in [0.1, 0.15) is 5.56 Å². The molecule has 2 N–H and O–H groups in total. The minimum absolute atomic E-state index is 0.0390. The number of benzene rings is 2. The lowest BCUT2D eigenvalue weighted by Gasteiger charge is -2.13. The quantitative estimate of drug-likeness (QED) is 0.472. The molecule has 1 aliphatic rings. The maximum atomic E-state index is 11.8. The molecule has 10 nitrogen and oxygen atoms in total. The van der Waals surface area contributed by atoms with Gasteiger partial charge in [0.2, 0.25) is 18.4 Å². The van der Waals surface area contributed by atoms with Crippen molar-refractivity contribution in [3.63, 3.8) is 0 Å². The molecule has 1 aromatic heterocycles. The van der Waals surface area contributed by atoms with Crippen LogP contribution in [-0.2, 0) is 0 Å². The standard InChI is InChI=1S/C19H17N5O5/c1-11-3-5-14(27-2)13(7-11)23-19-17(24(25)26)18(20-9-21-19)22-12-4-6-15-16(8-12)29-10-28-15/h3-9H,10H2,1-2H3,(H2,20,21,22,23). The third-order valence-corrected chi connectivity index (χ3v) is 4.25. The Kier molecular flexibility index (Phi) is 4.73. The summed E-state index contributed by atoms with van der Waals surface area (Å²) in [5, 5.41) is 17.7. The Morgan fingerprint density at radius 3 is 2.59 bits per heavy atom. The molecule has 148 valence electrons. The molecule has 0 spiro atoms. The smallest absolute Gasteiger partial charge is 0.353 e. The van der Waals surface area contributed by atoms with Crippen LogP contribution in [0, 0.1) is 17.0 Å². The van der Waals surface area contributed by atoms with Gasteiger partial charge in [-0.05, 0) is 36.8 Å². The second kappa shape index (κ2) is 7.50. The predicted octanol–water partition coefficient (Wildman–Crippen LogP) is 3.92. The van der Waals surface area contributed by atoms with Crippen molar-refractivity contribution < 1.29 is 19.1 Å². The summed E-state index contributed by atoms with van der Waals surface area (Å²) in [6.45, 7) is 2.05. The average molecular weight is 395 g/mol. The lowest BCUT2D eigenvalue weighted by Crippen LogP contribution is -2.06. The molecule has 10 heteroatoms. The summed E-state index contributed by atoms with van der Waals surface area (Å²) in [6, 6.07) is 10.6. The number of ether oxygens (including phenoxy) is 3. The van der Waals surface area contributed by atoms with Gasteiger partial charge in [-0.25, -0.2) is 9.97 Å². The van der Waals surface area contributed by atoms with Crippen LogP contribution in [0.3, 0.4) is 0 Å². The lowest BCUT2D eigenvalue weighted by atomic mass is 10.2. The highest BCUT2D eigenvalue weighted by Crippen LogP contribution is 2.38. The molecule has 1 aliphatic heterocycles. The maximum Gasteiger partial charge on any atom is 0.353 e. The van der Waals surface area contributed by atoms with Crippen LogP contribution in [0.25, 0.3) is 0 Å². The molecular weight excluding hydrogens is 378 g/mol. The zero-order valence-electron chi connectivity index (χ0n) is 15.6. The molecule has 0 radical (unpaired) electrons. The third-order valence-electron chi connectivity index (χ3n) is 4.25. The molecule has 29 heavy (non-hydrogen) atoms. The second-order valence-electron chi connectivity index (χ2n) is 6.20. The number of nitrogens with one attached hydrogen (secondary N) is 2. The van der Waals surface area contributed by atoms with Crippen LogP contribution in [-0.4, -0.2) is 28.8 Å². The maximum absolute atomic E-state index is 11.8. The molecule has 0 saturated carbocycles. The molecule has 0 fully saturated rings. The molecule has 2 aromatic carbocycles. The van der Waals surface area contributed by atoms with E-state index in [2.05, 4.69) is 20.6 Å². The van der Waals surface area contributed by atoms with E-state index in [1.54, 1.807) is 24.3 Å². The van der Waals surface area contributed by atoms with Crippen LogP contribution in [0.2, 0.25) is 0 Å². The van der Waals surface area contributed by atoms with Gasteiger partial charge in [0.05, 0.1) is 17.7 Å². The number of aryl methyl sites for hydroxylation is 1. The van der Waals surface area contributed by atoms with E-state index in [1.165, 1.54) is 13.4 Å². The Hall–Kier alpha value is -4.08. The van der Waals surface area contributed by atoms with Crippen molar-refractivity contribution in [2.75, 3.05) is 24.5 Å². The summed E-state index contributed by atoms with van der Waals surface area (Å²) in [6.07, 6.45) is 1.24. The monoisotopic (exact) mass is 395 g/mol. The minimum Gasteiger partial charge on any atom is -0.495 e. The van der Waals surface area contributed by atoms with Gasteiger partial charge < -0.3 is 24.8 Å². The molecule has 0 unspecified atom stereocenters. The summed E-state index contributed by atoms with van der Waals surface area (Å²) in [5.41, 5.74) is 1.79. The SMILES string of the molecule is COc1ccc(C)cc1Nc1ncnc(Nc2ccc3c(c2)OCO3)c1[N+](=O)[O-]. The summed E-state index contributed by atoms with van der Waals surface area (Å²) in [7, 11) is 1.52. The summed E-state index contributed by atoms with van der Waals surface area (Å²) >= 11 is 0. The second-order valence-corrected chi connectivity index (χ2v) is 6.20. The molecule has 0 atom stereocenters. The first kappa shape index (κ1) is 18.3. The molecule has 3 aromatic rings. The van der Waals surface area contributed by atoms with Crippen LogP contribution >= 0.6 is 0 Å². The first-order valence-electron chi connectivity index (χ1n) is 8.63. The van der Waals surface area contributed by atoms with Gasteiger partial charge in [0, 0.05) is 11.8 Å². The highest BCUT2D eigenvalue weighted by molar-refractivity contribution is 5.78. The van der Waals surface area contributed by atoms with E-state index in [4.69, 9.17) is 14.2 Å². The van der Waals surface area contributed by atoms with E-state index in [1.807, 2.05) is 19.1 Å². The number of rotatable bonds is 6. The number of hydrogen-bond acceptors (Lipinski definition) is 9. The van der Waals surface area contributed by atoms with Gasteiger partial charge >= 0.3 is 5.69 Å². The summed E-state index contributed by atoms with van der Waals surface area (Å²) in [4.78, 5) is 19.4. The van der Waals surface area contributed by atoms with Gasteiger partial charge in [-0.1, -0.05) is 6.07 Å². The Morgan fingerprint density at radius 1 is 1.07 bits per heavy atom. The molecule has 0 aliphatic carbocycles. The molecule has 0 bridgehead atoms. The normalized spacial score (nSPS) is 11.8. The van der Waals surface area contributed by atoms with Crippen LogP contribution in [0.4, 0.5) is 28.7 Å². The fourth-order valence-electron chi connectivity index (χ4n) is 2.89. The average Bonchev–Trinajstić information content (AvgIpc) is 3.16. The first-order chi connectivity index (χ1) is 14.0. The molecule has 0 saturated heterocycles. The van der Waals surface area contributed by atoms with Crippen molar-refractivity contribution in [2.45, 2.75) is 6.92 Å². The Balaban J connectivity index is 1.70. The number of methoxy groups -OCH3 is 1. The minimum atomic E-state index is -0.542. The molecule has 4 rings (SSSR count). The van der Waals surface area contributed by atoms with E-state index in [-0.39, 0.29) is 24.1 Å². The number of fused-ring (bicyclic) bond motifs is 1.